The summed E-state index contributed by atoms with van der Waals surface area (Å²) in [6.45, 7) is 0.127. The van der Waals surface area contributed by atoms with Crippen LogP contribution in [0.3, 0.4) is 0 Å². The number of carbonyl (C=O) groups is 1. The fourth-order valence-corrected chi connectivity index (χ4v) is 5.64. The maximum atomic E-state index is 13.6. The molecule has 2 aliphatic heterocycles. The Bertz CT molecular complexity index is 1030. The highest BCUT2D eigenvalue weighted by Crippen LogP contribution is 2.52. The van der Waals surface area contributed by atoms with Gasteiger partial charge in [0.05, 0.1) is 6.61 Å². The standard InChI is InChI=1S/C24H26N2O2/c1-25-13-12-19-20(8-5-9-21(19)25)23(28)26-18-10-11-22(26)24(15-18,16-27)14-17-6-3-2-4-7-17/h2-9,12-13,18,22,27H,10-11,14-16H2,1H3/t18-,22+,24-/m0/s1. The first kappa shape index (κ1) is 17.5. The van der Waals surface area contributed by atoms with Crippen LogP contribution in [0.5, 0.6) is 0 Å². The quantitative estimate of drug-likeness (QED) is 0.755. The van der Waals surface area contributed by atoms with Crippen molar-refractivity contribution < 1.29 is 9.90 Å². The number of hydrogen-bond donors (Lipinski definition) is 1. The molecule has 0 aliphatic carbocycles. The molecule has 2 bridgehead atoms. The summed E-state index contributed by atoms with van der Waals surface area (Å²) in [6, 6.07) is 18.7. The molecule has 1 N–H and O–H groups in total. The molecule has 0 saturated carbocycles. The van der Waals surface area contributed by atoms with Gasteiger partial charge in [0.15, 0.2) is 0 Å². The molecule has 28 heavy (non-hydrogen) atoms. The summed E-state index contributed by atoms with van der Waals surface area (Å²) in [7, 11) is 2.01. The van der Waals surface area contributed by atoms with Crippen LogP contribution in [0.2, 0.25) is 0 Å². The molecule has 4 heteroatoms. The molecule has 1 aromatic heterocycles. The maximum Gasteiger partial charge on any atom is 0.255 e. The van der Waals surface area contributed by atoms with Crippen molar-refractivity contribution >= 4 is 16.8 Å². The molecule has 0 radical (unpaired) electrons. The predicted molar refractivity (Wildman–Crippen MR) is 110 cm³/mol. The molecule has 144 valence electrons. The SMILES string of the molecule is Cn1ccc2c(C(=O)N3[C@H]4CC[C@@H]3[C@@](CO)(Cc3ccccc3)C4)cccc21. The van der Waals surface area contributed by atoms with Crippen molar-refractivity contribution in [1.82, 2.24) is 9.47 Å². The number of amides is 1. The lowest BCUT2D eigenvalue weighted by Gasteiger charge is -2.36. The lowest BCUT2D eigenvalue weighted by Crippen LogP contribution is -2.44. The van der Waals surface area contributed by atoms with Crippen LogP contribution in [-0.4, -0.2) is 39.2 Å². The largest absolute Gasteiger partial charge is 0.396 e. The first-order valence-electron chi connectivity index (χ1n) is 10.1. The van der Waals surface area contributed by atoms with E-state index < -0.39 is 0 Å². The lowest BCUT2D eigenvalue weighted by molar-refractivity contribution is 0.0572. The van der Waals surface area contributed by atoms with E-state index >= 15 is 0 Å². The van der Waals surface area contributed by atoms with Crippen LogP contribution in [0.4, 0.5) is 0 Å². The fourth-order valence-electron chi connectivity index (χ4n) is 5.64. The molecule has 1 amide bonds. The molecular formula is C24H26N2O2. The lowest BCUT2D eigenvalue weighted by atomic mass is 9.70. The van der Waals surface area contributed by atoms with Crippen molar-refractivity contribution in [2.24, 2.45) is 12.5 Å². The first-order chi connectivity index (χ1) is 13.6. The average Bonchev–Trinajstić information content (AvgIpc) is 3.40. The Balaban J connectivity index is 1.50. The first-order valence-corrected chi connectivity index (χ1v) is 10.1. The van der Waals surface area contributed by atoms with Crippen LogP contribution in [-0.2, 0) is 13.5 Å². The second-order valence-corrected chi connectivity index (χ2v) is 8.51. The minimum atomic E-state index is -0.232. The molecular weight excluding hydrogens is 348 g/mol. The van der Waals surface area contributed by atoms with Gasteiger partial charge in [-0.15, -0.1) is 0 Å². The van der Waals surface area contributed by atoms with E-state index in [0.717, 1.165) is 42.1 Å². The number of fused-ring (bicyclic) bond motifs is 3. The number of benzene rings is 2. The number of aromatic nitrogens is 1. The van der Waals surface area contributed by atoms with Gasteiger partial charge in [-0.1, -0.05) is 36.4 Å². The Labute approximate surface area is 165 Å². The van der Waals surface area contributed by atoms with Gasteiger partial charge in [0.2, 0.25) is 0 Å². The van der Waals surface area contributed by atoms with E-state index in [1.165, 1.54) is 5.56 Å². The number of aliphatic hydroxyl groups excluding tert-OH is 1. The molecule has 0 unspecified atom stereocenters. The van der Waals surface area contributed by atoms with Crippen LogP contribution < -0.4 is 0 Å². The molecule has 5 rings (SSSR count). The topological polar surface area (TPSA) is 45.5 Å². The molecule has 2 saturated heterocycles. The zero-order chi connectivity index (χ0) is 19.3. The number of aryl methyl sites for hydroxylation is 1. The molecule has 2 aromatic carbocycles. The molecule has 4 nitrogen and oxygen atoms in total. The Kier molecular flexibility index (Phi) is 4.06. The van der Waals surface area contributed by atoms with Gasteiger partial charge in [-0.3, -0.25) is 4.79 Å². The van der Waals surface area contributed by atoms with Crippen LogP contribution in [0.1, 0.15) is 35.2 Å². The molecule has 2 fully saturated rings. The summed E-state index contributed by atoms with van der Waals surface area (Å²) in [6.07, 6.45) is 5.74. The minimum absolute atomic E-state index is 0.106. The zero-order valence-corrected chi connectivity index (χ0v) is 16.2. The second kappa shape index (κ2) is 6.49. The fraction of sp³-hybridized carbons (Fsp3) is 0.375. The third-order valence-corrected chi connectivity index (χ3v) is 6.96. The predicted octanol–water partition coefficient (Wildman–Crippen LogP) is 3.78. The minimum Gasteiger partial charge on any atom is -0.396 e. The number of nitrogens with zero attached hydrogens (tertiary/aromatic N) is 2. The van der Waals surface area contributed by atoms with Crippen LogP contribution in [0.25, 0.3) is 10.9 Å². The van der Waals surface area contributed by atoms with Gasteiger partial charge in [0, 0.05) is 47.2 Å². The summed E-state index contributed by atoms with van der Waals surface area (Å²) in [4.78, 5) is 15.7. The summed E-state index contributed by atoms with van der Waals surface area (Å²) in [5, 5.41) is 11.4. The van der Waals surface area contributed by atoms with Gasteiger partial charge >= 0.3 is 0 Å². The Morgan fingerprint density at radius 3 is 2.71 bits per heavy atom. The summed E-state index contributed by atoms with van der Waals surface area (Å²) in [5.41, 5.74) is 2.87. The summed E-state index contributed by atoms with van der Waals surface area (Å²) in [5.74, 6) is 0.118. The monoisotopic (exact) mass is 374 g/mol. The van der Waals surface area contributed by atoms with Gasteiger partial charge in [-0.05, 0) is 49.4 Å². The molecule has 3 heterocycles. The van der Waals surface area contributed by atoms with Crippen LogP contribution in [0, 0.1) is 5.41 Å². The van der Waals surface area contributed by atoms with Gasteiger partial charge in [-0.25, -0.2) is 0 Å². The Hall–Kier alpha value is -2.59. The maximum absolute atomic E-state index is 13.6. The number of hydrogen-bond acceptors (Lipinski definition) is 2. The smallest absolute Gasteiger partial charge is 0.255 e. The third kappa shape index (κ3) is 2.51. The highest BCUT2D eigenvalue weighted by atomic mass is 16.3. The van der Waals surface area contributed by atoms with Crippen molar-refractivity contribution in [2.75, 3.05) is 6.61 Å². The van der Waals surface area contributed by atoms with Crippen LogP contribution >= 0.6 is 0 Å². The number of aliphatic hydroxyl groups is 1. The van der Waals surface area contributed by atoms with E-state index in [0.29, 0.717) is 0 Å². The number of rotatable bonds is 4. The van der Waals surface area contributed by atoms with E-state index in [4.69, 9.17) is 0 Å². The van der Waals surface area contributed by atoms with E-state index in [9.17, 15) is 9.90 Å². The van der Waals surface area contributed by atoms with E-state index in [1.54, 1.807) is 0 Å². The highest BCUT2D eigenvalue weighted by Gasteiger charge is 2.57. The second-order valence-electron chi connectivity index (χ2n) is 8.51. The Morgan fingerprint density at radius 2 is 1.93 bits per heavy atom. The third-order valence-electron chi connectivity index (χ3n) is 6.96. The van der Waals surface area contributed by atoms with Crippen molar-refractivity contribution in [1.29, 1.82) is 0 Å². The molecule has 3 atom stereocenters. The van der Waals surface area contributed by atoms with Crippen molar-refractivity contribution in [3.8, 4) is 0 Å². The van der Waals surface area contributed by atoms with Crippen molar-refractivity contribution in [2.45, 2.75) is 37.8 Å². The molecule has 0 spiro atoms. The Morgan fingerprint density at radius 1 is 1.11 bits per heavy atom. The highest BCUT2D eigenvalue weighted by molar-refractivity contribution is 6.07. The average molecular weight is 374 g/mol. The summed E-state index contributed by atoms with van der Waals surface area (Å²) >= 11 is 0. The van der Waals surface area contributed by atoms with Gasteiger partial charge < -0.3 is 14.6 Å². The number of carbonyl (C=O) groups excluding carboxylic acids is 1. The van der Waals surface area contributed by atoms with Crippen LogP contribution in [0.15, 0.2) is 60.8 Å². The van der Waals surface area contributed by atoms with Crippen molar-refractivity contribution in [3.63, 3.8) is 0 Å². The van der Waals surface area contributed by atoms with E-state index in [-0.39, 0.29) is 30.0 Å². The van der Waals surface area contributed by atoms with Gasteiger partial charge in [-0.2, -0.15) is 0 Å². The normalized spacial score (nSPS) is 26.3. The summed E-state index contributed by atoms with van der Waals surface area (Å²) < 4.78 is 2.05. The van der Waals surface area contributed by atoms with Gasteiger partial charge in [0.1, 0.15) is 0 Å². The zero-order valence-electron chi connectivity index (χ0n) is 16.2. The van der Waals surface area contributed by atoms with Gasteiger partial charge in [0.25, 0.3) is 5.91 Å². The van der Waals surface area contributed by atoms with E-state index in [1.807, 2.05) is 49.6 Å². The van der Waals surface area contributed by atoms with E-state index in [2.05, 4.69) is 27.7 Å². The molecule has 2 aliphatic rings. The molecule has 3 aromatic rings. The van der Waals surface area contributed by atoms with Crippen molar-refractivity contribution in [3.05, 3.63) is 71.9 Å².